The molecule has 0 bridgehead atoms. The Morgan fingerprint density at radius 3 is 2.04 bits per heavy atom. The molecule has 4 heteroatoms. The molecule has 1 amide bonds. The zero-order valence-electron chi connectivity index (χ0n) is 13.4. The highest BCUT2D eigenvalue weighted by atomic mass is 19.1. The number of para-hydroxylation sites is 2. The molecule has 3 nitrogen and oxygen atoms in total. The van der Waals surface area contributed by atoms with E-state index in [1.807, 2.05) is 48.5 Å². The number of nitrogens with one attached hydrogen (secondary N) is 1. The molecule has 3 aromatic rings. The van der Waals surface area contributed by atoms with Crippen LogP contribution >= 0.6 is 0 Å². The molecule has 4 rings (SSSR count). The molecule has 124 valence electrons. The van der Waals surface area contributed by atoms with Gasteiger partial charge in [0.1, 0.15) is 17.3 Å². The lowest BCUT2D eigenvalue weighted by molar-refractivity contribution is -0.122. The van der Waals surface area contributed by atoms with Gasteiger partial charge in [0.05, 0.1) is 5.92 Å². The van der Waals surface area contributed by atoms with Gasteiger partial charge in [-0.25, -0.2) is 4.39 Å². The SMILES string of the molecule is O=C(NCc1ccc(F)cc1)C1c2ccccc2Oc2ccccc21. The molecule has 0 unspecified atom stereocenters. The van der Waals surface area contributed by atoms with Crippen molar-refractivity contribution in [1.82, 2.24) is 5.32 Å². The molecule has 1 N–H and O–H groups in total. The molecule has 0 fully saturated rings. The third kappa shape index (κ3) is 2.98. The second-order valence-corrected chi connectivity index (χ2v) is 5.95. The molecule has 0 saturated carbocycles. The molecule has 1 aliphatic heterocycles. The summed E-state index contributed by atoms with van der Waals surface area (Å²) >= 11 is 0. The van der Waals surface area contributed by atoms with Crippen LogP contribution in [0.15, 0.2) is 72.8 Å². The van der Waals surface area contributed by atoms with Crippen LogP contribution in [0.3, 0.4) is 0 Å². The van der Waals surface area contributed by atoms with Crippen LogP contribution in [0.5, 0.6) is 11.5 Å². The van der Waals surface area contributed by atoms with Crippen molar-refractivity contribution < 1.29 is 13.9 Å². The van der Waals surface area contributed by atoms with Gasteiger partial charge < -0.3 is 10.1 Å². The maximum Gasteiger partial charge on any atom is 0.232 e. The highest BCUT2D eigenvalue weighted by Crippen LogP contribution is 2.43. The predicted molar refractivity (Wildman–Crippen MR) is 93.0 cm³/mol. The highest BCUT2D eigenvalue weighted by Gasteiger charge is 2.32. The first-order chi connectivity index (χ1) is 12.2. The van der Waals surface area contributed by atoms with Crippen molar-refractivity contribution in [1.29, 1.82) is 0 Å². The maximum absolute atomic E-state index is 13.0. The van der Waals surface area contributed by atoms with E-state index in [0.717, 1.165) is 16.7 Å². The molecule has 25 heavy (non-hydrogen) atoms. The minimum Gasteiger partial charge on any atom is -0.457 e. The number of benzene rings is 3. The van der Waals surface area contributed by atoms with E-state index in [2.05, 4.69) is 5.32 Å². The van der Waals surface area contributed by atoms with Crippen molar-refractivity contribution >= 4 is 5.91 Å². The van der Waals surface area contributed by atoms with E-state index < -0.39 is 5.92 Å². The van der Waals surface area contributed by atoms with E-state index in [0.29, 0.717) is 18.0 Å². The van der Waals surface area contributed by atoms with Gasteiger partial charge >= 0.3 is 0 Å². The molecule has 1 aliphatic rings. The summed E-state index contributed by atoms with van der Waals surface area (Å²) in [6.07, 6.45) is 0. The van der Waals surface area contributed by atoms with Gasteiger partial charge in [-0.2, -0.15) is 0 Å². The van der Waals surface area contributed by atoms with Crippen LogP contribution < -0.4 is 10.1 Å². The summed E-state index contributed by atoms with van der Waals surface area (Å²) in [6, 6.07) is 21.2. The predicted octanol–water partition coefficient (Wildman–Crippen LogP) is 4.38. The number of carbonyl (C=O) groups is 1. The Bertz CT molecular complexity index is 876. The third-order valence-electron chi connectivity index (χ3n) is 4.32. The summed E-state index contributed by atoms with van der Waals surface area (Å²) in [4.78, 5) is 12.9. The van der Waals surface area contributed by atoms with Gasteiger partial charge in [0.2, 0.25) is 5.91 Å². The minimum absolute atomic E-state index is 0.104. The number of carbonyl (C=O) groups excluding carboxylic acids is 1. The van der Waals surface area contributed by atoms with Gasteiger partial charge in [-0.1, -0.05) is 48.5 Å². The number of fused-ring (bicyclic) bond motifs is 2. The van der Waals surface area contributed by atoms with Crippen LogP contribution in [0, 0.1) is 5.82 Å². The van der Waals surface area contributed by atoms with Gasteiger partial charge in [0.15, 0.2) is 0 Å². The van der Waals surface area contributed by atoms with Crippen molar-refractivity contribution in [2.24, 2.45) is 0 Å². The standard InChI is InChI=1S/C21H16FNO2/c22-15-11-9-14(10-12-15)13-23-21(24)20-16-5-1-3-7-18(16)25-19-8-4-2-6-17(19)20/h1-12,20H,13H2,(H,23,24). The summed E-state index contributed by atoms with van der Waals surface area (Å²) in [7, 11) is 0. The first-order valence-electron chi connectivity index (χ1n) is 8.10. The van der Waals surface area contributed by atoms with Gasteiger partial charge in [-0.3, -0.25) is 4.79 Å². The molecule has 0 atom stereocenters. The minimum atomic E-state index is -0.429. The zero-order valence-corrected chi connectivity index (χ0v) is 13.4. The number of ether oxygens (including phenoxy) is 1. The topological polar surface area (TPSA) is 38.3 Å². The molecule has 0 radical (unpaired) electrons. The number of hydrogen-bond acceptors (Lipinski definition) is 2. The van der Waals surface area contributed by atoms with E-state index in [9.17, 15) is 9.18 Å². The lowest BCUT2D eigenvalue weighted by Crippen LogP contribution is -2.31. The van der Waals surface area contributed by atoms with Crippen LogP contribution in [-0.4, -0.2) is 5.91 Å². The first-order valence-corrected chi connectivity index (χ1v) is 8.10. The zero-order chi connectivity index (χ0) is 17.2. The molecule has 3 aromatic carbocycles. The number of halogens is 1. The summed E-state index contributed by atoms with van der Waals surface area (Å²) in [5.74, 6) is 0.572. The van der Waals surface area contributed by atoms with Crippen molar-refractivity contribution in [3.63, 3.8) is 0 Å². The van der Waals surface area contributed by atoms with Crippen LogP contribution in [0.4, 0.5) is 4.39 Å². The molecule has 1 heterocycles. The Labute approximate surface area is 145 Å². The molecular formula is C21H16FNO2. The number of amides is 1. The van der Waals surface area contributed by atoms with Crippen molar-refractivity contribution in [2.45, 2.75) is 12.5 Å². The van der Waals surface area contributed by atoms with Gasteiger partial charge in [-0.15, -0.1) is 0 Å². The lowest BCUT2D eigenvalue weighted by atomic mass is 9.87. The summed E-state index contributed by atoms with van der Waals surface area (Å²) < 4.78 is 18.9. The fraction of sp³-hybridized carbons (Fsp3) is 0.0952. The summed E-state index contributed by atoms with van der Waals surface area (Å²) in [5, 5.41) is 2.95. The highest BCUT2D eigenvalue weighted by molar-refractivity contribution is 5.89. The van der Waals surface area contributed by atoms with Crippen molar-refractivity contribution in [3.8, 4) is 11.5 Å². The van der Waals surface area contributed by atoms with Crippen molar-refractivity contribution in [3.05, 3.63) is 95.3 Å². The average Bonchev–Trinajstić information content (AvgIpc) is 2.65. The molecule has 0 aliphatic carbocycles. The Balaban J connectivity index is 1.62. The summed E-state index contributed by atoms with van der Waals surface area (Å²) in [6.45, 7) is 0.348. The average molecular weight is 333 g/mol. The first kappa shape index (κ1) is 15.4. The van der Waals surface area contributed by atoms with E-state index in [-0.39, 0.29) is 11.7 Å². The van der Waals surface area contributed by atoms with Crippen LogP contribution in [0.1, 0.15) is 22.6 Å². The number of hydrogen-bond donors (Lipinski definition) is 1. The Hall–Kier alpha value is -3.14. The van der Waals surface area contributed by atoms with E-state index in [1.165, 1.54) is 12.1 Å². The lowest BCUT2D eigenvalue weighted by Gasteiger charge is -2.27. The fourth-order valence-corrected chi connectivity index (χ4v) is 3.09. The second-order valence-electron chi connectivity index (χ2n) is 5.95. The Morgan fingerprint density at radius 1 is 0.880 bits per heavy atom. The Morgan fingerprint density at radius 2 is 1.44 bits per heavy atom. The van der Waals surface area contributed by atoms with Crippen LogP contribution in [0.25, 0.3) is 0 Å². The normalized spacial score (nSPS) is 12.7. The van der Waals surface area contributed by atoms with Gasteiger partial charge in [0, 0.05) is 17.7 Å². The Kier molecular flexibility index (Phi) is 3.94. The number of rotatable bonds is 3. The van der Waals surface area contributed by atoms with E-state index in [4.69, 9.17) is 4.74 Å². The monoisotopic (exact) mass is 333 g/mol. The quantitative estimate of drug-likeness (QED) is 0.772. The van der Waals surface area contributed by atoms with Gasteiger partial charge in [0.25, 0.3) is 0 Å². The molecule has 0 spiro atoms. The van der Waals surface area contributed by atoms with Crippen LogP contribution in [0.2, 0.25) is 0 Å². The van der Waals surface area contributed by atoms with Gasteiger partial charge in [-0.05, 0) is 29.8 Å². The van der Waals surface area contributed by atoms with Crippen molar-refractivity contribution in [2.75, 3.05) is 0 Å². The summed E-state index contributed by atoms with van der Waals surface area (Å²) in [5.41, 5.74) is 2.54. The van der Waals surface area contributed by atoms with E-state index >= 15 is 0 Å². The third-order valence-corrected chi connectivity index (χ3v) is 4.32. The smallest absolute Gasteiger partial charge is 0.232 e. The largest absolute Gasteiger partial charge is 0.457 e. The van der Waals surface area contributed by atoms with E-state index in [1.54, 1.807) is 12.1 Å². The maximum atomic E-state index is 13.0. The molecular weight excluding hydrogens is 317 g/mol. The fourth-order valence-electron chi connectivity index (χ4n) is 3.09. The molecule has 0 saturated heterocycles. The molecule has 0 aromatic heterocycles. The second kappa shape index (κ2) is 6.40. The van der Waals surface area contributed by atoms with Crippen LogP contribution in [-0.2, 0) is 11.3 Å².